The minimum atomic E-state index is -0.182. The molecule has 31 heavy (non-hydrogen) atoms. The van der Waals surface area contributed by atoms with Crippen molar-refractivity contribution in [2.45, 2.75) is 111 Å². The van der Waals surface area contributed by atoms with E-state index in [1.165, 1.54) is 12.8 Å². The number of rotatable bonds is 10. The fourth-order valence-corrected chi connectivity index (χ4v) is 5.26. The van der Waals surface area contributed by atoms with E-state index in [-0.39, 0.29) is 23.2 Å². The number of carbonyl (C=O) groups is 1. The molecule has 1 aromatic carbocycles. The van der Waals surface area contributed by atoms with Crippen LogP contribution in [0.4, 0.5) is 0 Å². The van der Waals surface area contributed by atoms with Gasteiger partial charge in [0.1, 0.15) is 6.10 Å². The Labute approximate surface area is 191 Å². The van der Waals surface area contributed by atoms with E-state index in [0.29, 0.717) is 29.2 Å². The lowest BCUT2D eigenvalue weighted by atomic mass is 9.65. The highest BCUT2D eigenvalue weighted by molar-refractivity contribution is 5.89. The molecular formula is C28H47NO2. The molecule has 1 fully saturated rings. The molecule has 0 aromatic heterocycles. The molecule has 0 bridgehead atoms. The van der Waals surface area contributed by atoms with E-state index >= 15 is 0 Å². The maximum Gasteiger partial charge on any atom is 0.338 e. The molecule has 3 heteroatoms. The molecule has 0 saturated carbocycles. The van der Waals surface area contributed by atoms with Crippen LogP contribution in [0.15, 0.2) is 30.3 Å². The minimum absolute atomic E-state index is 0.0227. The second-order valence-corrected chi connectivity index (χ2v) is 11.7. The van der Waals surface area contributed by atoms with Crippen molar-refractivity contribution in [1.82, 2.24) is 5.32 Å². The highest BCUT2D eigenvalue weighted by atomic mass is 16.5. The fraction of sp³-hybridized carbons (Fsp3) is 0.750. The van der Waals surface area contributed by atoms with Gasteiger partial charge in [0.15, 0.2) is 0 Å². The number of benzene rings is 1. The fourth-order valence-electron chi connectivity index (χ4n) is 5.26. The number of hydrogen-bond acceptors (Lipinski definition) is 3. The lowest BCUT2D eigenvalue weighted by molar-refractivity contribution is -0.0647. The molecular weight excluding hydrogens is 382 g/mol. The maximum absolute atomic E-state index is 13.1. The quantitative estimate of drug-likeness (QED) is 0.398. The molecule has 0 aliphatic carbocycles. The largest absolute Gasteiger partial charge is 0.458 e. The van der Waals surface area contributed by atoms with Crippen molar-refractivity contribution in [1.29, 1.82) is 0 Å². The van der Waals surface area contributed by atoms with Crippen molar-refractivity contribution in [3.05, 3.63) is 35.9 Å². The van der Waals surface area contributed by atoms with Crippen LogP contribution in [0.1, 0.15) is 104 Å². The molecule has 1 heterocycles. The maximum atomic E-state index is 13.1. The Morgan fingerprint density at radius 2 is 1.55 bits per heavy atom. The standard InChI is InChI=1S/C28H47NO2/c1-20(2)14-16-27(7)19-25(31-26(30)23-12-10-9-11-13-23)24(18-22(5)6)28(8,29-27)17-15-21(3)4/h9-13,20-22,24-25,29H,14-19H2,1-8H3. The number of carbonyl (C=O) groups excluding carboxylic acids is 1. The van der Waals surface area contributed by atoms with Crippen LogP contribution in [0.3, 0.4) is 0 Å². The third-order valence-corrected chi connectivity index (χ3v) is 7.01. The van der Waals surface area contributed by atoms with E-state index < -0.39 is 0 Å². The molecule has 0 radical (unpaired) electrons. The minimum Gasteiger partial charge on any atom is -0.458 e. The summed E-state index contributed by atoms with van der Waals surface area (Å²) < 4.78 is 6.32. The molecule has 1 aliphatic rings. The first-order valence-electron chi connectivity index (χ1n) is 12.5. The summed E-state index contributed by atoms with van der Waals surface area (Å²) in [5.74, 6) is 2.01. The molecule has 2 rings (SSSR count). The van der Waals surface area contributed by atoms with E-state index in [2.05, 4.69) is 60.7 Å². The number of esters is 1. The van der Waals surface area contributed by atoms with Crippen LogP contribution in [0.25, 0.3) is 0 Å². The number of piperidine rings is 1. The third-order valence-electron chi connectivity index (χ3n) is 7.01. The molecule has 176 valence electrons. The Hall–Kier alpha value is -1.35. The average molecular weight is 430 g/mol. The summed E-state index contributed by atoms with van der Waals surface area (Å²) >= 11 is 0. The zero-order valence-electron chi connectivity index (χ0n) is 21.3. The molecule has 1 aliphatic heterocycles. The predicted octanol–water partition coefficient (Wildman–Crippen LogP) is 7.26. The van der Waals surface area contributed by atoms with E-state index in [4.69, 9.17) is 4.74 Å². The predicted molar refractivity (Wildman–Crippen MR) is 131 cm³/mol. The van der Waals surface area contributed by atoms with Gasteiger partial charge in [0.05, 0.1) is 5.56 Å². The first-order chi connectivity index (χ1) is 14.4. The SMILES string of the molecule is CC(C)CCC1(C)CC(OC(=O)c2ccccc2)C(CC(C)C)C(C)(CCC(C)C)N1. The highest BCUT2D eigenvalue weighted by Crippen LogP contribution is 2.44. The van der Waals surface area contributed by atoms with Gasteiger partial charge in [-0.25, -0.2) is 4.79 Å². The number of nitrogens with one attached hydrogen (secondary N) is 1. The van der Waals surface area contributed by atoms with Gasteiger partial charge in [-0.15, -0.1) is 0 Å². The molecule has 0 spiro atoms. The van der Waals surface area contributed by atoms with Gasteiger partial charge in [-0.3, -0.25) is 0 Å². The second-order valence-electron chi connectivity index (χ2n) is 11.7. The van der Waals surface area contributed by atoms with Crippen molar-refractivity contribution in [2.75, 3.05) is 0 Å². The van der Waals surface area contributed by atoms with Gasteiger partial charge >= 0.3 is 5.97 Å². The van der Waals surface area contributed by atoms with Crippen LogP contribution < -0.4 is 5.32 Å². The van der Waals surface area contributed by atoms with E-state index in [1.54, 1.807) is 0 Å². The van der Waals surface area contributed by atoms with Gasteiger partial charge in [0.2, 0.25) is 0 Å². The summed E-state index contributed by atoms with van der Waals surface area (Å²) in [5, 5.41) is 4.12. The normalized spacial score (nSPS) is 29.0. The Balaban J connectivity index is 2.36. The Kier molecular flexibility index (Phi) is 9.18. The summed E-state index contributed by atoms with van der Waals surface area (Å²) in [6.45, 7) is 18.5. The zero-order valence-corrected chi connectivity index (χ0v) is 21.3. The first kappa shape index (κ1) is 25.9. The van der Waals surface area contributed by atoms with Crippen molar-refractivity contribution in [3.63, 3.8) is 0 Å². The topological polar surface area (TPSA) is 38.3 Å². The molecule has 1 N–H and O–H groups in total. The van der Waals surface area contributed by atoms with Crippen LogP contribution in [-0.2, 0) is 4.74 Å². The Morgan fingerprint density at radius 3 is 2.10 bits per heavy atom. The first-order valence-corrected chi connectivity index (χ1v) is 12.5. The van der Waals surface area contributed by atoms with Gasteiger partial charge in [0, 0.05) is 23.4 Å². The van der Waals surface area contributed by atoms with Crippen LogP contribution >= 0.6 is 0 Å². The van der Waals surface area contributed by atoms with Crippen LogP contribution in [0, 0.1) is 23.7 Å². The van der Waals surface area contributed by atoms with Crippen molar-refractivity contribution < 1.29 is 9.53 Å². The molecule has 0 amide bonds. The second kappa shape index (κ2) is 11.0. The summed E-state index contributed by atoms with van der Waals surface area (Å²) in [4.78, 5) is 13.1. The molecule has 1 saturated heterocycles. The van der Waals surface area contributed by atoms with Crippen LogP contribution in [0.5, 0.6) is 0 Å². The lowest BCUT2D eigenvalue weighted by Gasteiger charge is -2.55. The highest BCUT2D eigenvalue weighted by Gasteiger charge is 2.50. The van der Waals surface area contributed by atoms with Crippen molar-refractivity contribution in [3.8, 4) is 0 Å². The average Bonchev–Trinajstić information content (AvgIpc) is 2.68. The summed E-state index contributed by atoms with van der Waals surface area (Å²) in [6.07, 6.45) is 6.46. The van der Waals surface area contributed by atoms with E-state index in [1.807, 2.05) is 30.3 Å². The van der Waals surface area contributed by atoms with Crippen molar-refractivity contribution in [2.24, 2.45) is 23.7 Å². The summed E-state index contributed by atoms with van der Waals surface area (Å²) in [6, 6.07) is 9.47. The van der Waals surface area contributed by atoms with Gasteiger partial charge in [-0.2, -0.15) is 0 Å². The third kappa shape index (κ3) is 7.63. The van der Waals surface area contributed by atoms with Crippen LogP contribution in [-0.4, -0.2) is 23.2 Å². The van der Waals surface area contributed by atoms with Gasteiger partial charge in [0.25, 0.3) is 0 Å². The zero-order chi connectivity index (χ0) is 23.2. The van der Waals surface area contributed by atoms with Crippen LogP contribution in [0.2, 0.25) is 0 Å². The number of hydrogen-bond donors (Lipinski definition) is 1. The van der Waals surface area contributed by atoms with Gasteiger partial charge in [-0.1, -0.05) is 59.7 Å². The summed E-state index contributed by atoms with van der Waals surface area (Å²) in [7, 11) is 0. The van der Waals surface area contributed by atoms with Crippen molar-refractivity contribution >= 4 is 5.97 Å². The molecule has 3 nitrogen and oxygen atoms in total. The monoisotopic (exact) mass is 429 g/mol. The molecule has 1 aromatic rings. The van der Waals surface area contributed by atoms with E-state index in [0.717, 1.165) is 25.7 Å². The van der Waals surface area contributed by atoms with Gasteiger partial charge in [-0.05, 0) is 75.8 Å². The van der Waals surface area contributed by atoms with E-state index in [9.17, 15) is 4.79 Å². The Bertz CT molecular complexity index is 684. The smallest absolute Gasteiger partial charge is 0.338 e. The Morgan fingerprint density at radius 1 is 0.968 bits per heavy atom. The van der Waals surface area contributed by atoms with Gasteiger partial charge < -0.3 is 10.1 Å². The summed E-state index contributed by atoms with van der Waals surface area (Å²) in [5.41, 5.74) is 0.586. The lowest BCUT2D eigenvalue weighted by Crippen LogP contribution is -2.67. The molecule has 4 atom stereocenters. The number of ether oxygens (including phenoxy) is 1. The molecule has 4 unspecified atom stereocenters.